The van der Waals surface area contributed by atoms with Crippen molar-refractivity contribution in [2.75, 3.05) is 11.5 Å². The van der Waals surface area contributed by atoms with E-state index in [4.69, 9.17) is 16.3 Å². The van der Waals surface area contributed by atoms with Gasteiger partial charge in [0, 0.05) is 17.3 Å². The van der Waals surface area contributed by atoms with E-state index in [1.54, 1.807) is 32.9 Å². The summed E-state index contributed by atoms with van der Waals surface area (Å²) in [6.45, 7) is 8.29. The Morgan fingerprint density at radius 3 is 2.26 bits per heavy atom. The van der Waals surface area contributed by atoms with Crippen LogP contribution in [0, 0.1) is 0 Å². The van der Waals surface area contributed by atoms with Crippen LogP contribution in [0.3, 0.4) is 0 Å². The lowest BCUT2D eigenvalue weighted by molar-refractivity contribution is -0.122. The number of anilines is 1. The normalized spacial score (nSPS) is 12.0. The van der Waals surface area contributed by atoms with Gasteiger partial charge in [0.25, 0.3) is 5.91 Å². The van der Waals surface area contributed by atoms with Crippen molar-refractivity contribution in [1.29, 1.82) is 0 Å². The largest absolute Gasteiger partial charge is 0.452 e. The monoisotopic (exact) mass is 466 g/mol. The second kappa shape index (κ2) is 9.80. The highest BCUT2D eigenvalue weighted by molar-refractivity contribution is 7.89. The zero-order valence-corrected chi connectivity index (χ0v) is 19.8. The molecule has 9 heteroatoms. The molecular weight excluding hydrogens is 440 g/mol. The van der Waals surface area contributed by atoms with Crippen LogP contribution < -0.4 is 9.62 Å². The van der Waals surface area contributed by atoms with Gasteiger partial charge in [0.05, 0.1) is 10.6 Å². The van der Waals surface area contributed by atoms with E-state index in [9.17, 15) is 18.0 Å². The molecule has 168 valence electrons. The highest BCUT2D eigenvalue weighted by Gasteiger charge is 2.26. The number of carbonyl (C=O) groups is 2. The molecule has 0 bridgehead atoms. The van der Waals surface area contributed by atoms with E-state index >= 15 is 0 Å². The molecule has 0 aliphatic rings. The Morgan fingerprint density at radius 1 is 1.10 bits per heavy atom. The minimum Gasteiger partial charge on any atom is -0.452 e. The summed E-state index contributed by atoms with van der Waals surface area (Å²) in [4.78, 5) is 26.5. The number of para-hydroxylation sites is 1. The maximum absolute atomic E-state index is 12.7. The number of ether oxygens (including phenoxy) is 1. The van der Waals surface area contributed by atoms with E-state index in [1.165, 1.54) is 17.0 Å². The van der Waals surface area contributed by atoms with Crippen LogP contribution in [-0.4, -0.2) is 38.5 Å². The Morgan fingerprint density at radius 2 is 1.71 bits per heavy atom. The Kier molecular flexibility index (Phi) is 7.86. The second-order valence-electron chi connectivity index (χ2n) is 8.27. The van der Waals surface area contributed by atoms with E-state index in [2.05, 4.69) is 4.72 Å². The molecule has 1 N–H and O–H groups in total. The van der Waals surface area contributed by atoms with Gasteiger partial charge in [0.2, 0.25) is 10.0 Å². The van der Waals surface area contributed by atoms with Crippen molar-refractivity contribution in [3.63, 3.8) is 0 Å². The molecule has 1 amide bonds. The van der Waals surface area contributed by atoms with E-state index in [0.717, 1.165) is 6.07 Å². The Hall–Kier alpha value is -2.42. The topological polar surface area (TPSA) is 92.8 Å². The van der Waals surface area contributed by atoms with Crippen LogP contribution in [-0.2, 0) is 19.6 Å². The van der Waals surface area contributed by atoms with Crippen LogP contribution in [0.15, 0.2) is 53.4 Å². The van der Waals surface area contributed by atoms with E-state index in [0.29, 0.717) is 5.69 Å². The predicted octanol–water partition coefficient (Wildman–Crippen LogP) is 4.02. The van der Waals surface area contributed by atoms with Gasteiger partial charge in [-0.1, -0.05) is 29.8 Å². The molecule has 31 heavy (non-hydrogen) atoms. The van der Waals surface area contributed by atoms with Gasteiger partial charge in [-0.3, -0.25) is 4.79 Å². The van der Waals surface area contributed by atoms with Crippen molar-refractivity contribution in [2.45, 2.75) is 51.1 Å². The van der Waals surface area contributed by atoms with Crippen molar-refractivity contribution in [1.82, 2.24) is 4.72 Å². The Balaban J connectivity index is 2.18. The summed E-state index contributed by atoms with van der Waals surface area (Å²) in [7, 11) is -3.96. The van der Waals surface area contributed by atoms with Crippen LogP contribution in [0.4, 0.5) is 5.69 Å². The molecule has 2 rings (SSSR count). The summed E-state index contributed by atoms with van der Waals surface area (Å²) >= 11 is 6.05. The summed E-state index contributed by atoms with van der Waals surface area (Å²) in [5.41, 5.74) is -0.0722. The molecule has 2 aromatic rings. The molecule has 0 radical (unpaired) electrons. The number of amides is 1. The van der Waals surface area contributed by atoms with Crippen LogP contribution in [0.1, 0.15) is 45.0 Å². The third-order valence-corrected chi connectivity index (χ3v) is 6.28. The van der Waals surface area contributed by atoms with E-state index in [-0.39, 0.29) is 21.5 Å². The number of nitrogens with one attached hydrogen (secondary N) is 1. The van der Waals surface area contributed by atoms with Gasteiger partial charge in [-0.15, -0.1) is 0 Å². The quantitative estimate of drug-likeness (QED) is 0.622. The van der Waals surface area contributed by atoms with Gasteiger partial charge in [0.15, 0.2) is 6.61 Å². The minimum absolute atomic E-state index is 0.0257. The number of carbonyl (C=O) groups excluding carboxylic acids is 2. The van der Waals surface area contributed by atoms with Crippen molar-refractivity contribution >= 4 is 39.2 Å². The lowest BCUT2D eigenvalue weighted by Crippen LogP contribution is -2.40. The third-order valence-electron chi connectivity index (χ3n) is 4.04. The molecule has 0 aromatic heterocycles. The molecule has 0 aliphatic heterocycles. The zero-order valence-electron chi connectivity index (χ0n) is 18.2. The number of nitrogens with zero attached hydrogens (tertiary/aromatic N) is 1. The maximum atomic E-state index is 12.7. The van der Waals surface area contributed by atoms with Gasteiger partial charge in [-0.05, 0) is 65.0 Å². The number of benzene rings is 2. The number of rotatable bonds is 7. The average Bonchev–Trinajstić information content (AvgIpc) is 2.65. The summed E-state index contributed by atoms with van der Waals surface area (Å²) in [6.07, 6.45) is 0. The van der Waals surface area contributed by atoms with Crippen molar-refractivity contribution in [3.8, 4) is 0 Å². The number of hydrogen-bond donors (Lipinski definition) is 1. The molecule has 0 atom stereocenters. The zero-order chi connectivity index (χ0) is 23.4. The summed E-state index contributed by atoms with van der Waals surface area (Å²) in [5.74, 6) is -1.22. The molecular formula is C22H27ClN2O5S. The summed E-state index contributed by atoms with van der Waals surface area (Å²) in [5, 5.41) is -0.0283. The summed E-state index contributed by atoms with van der Waals surface area (Å²) < 4.78 is 32.9. The first-order valence-electron chi connectivity index (χ1n) is 9.69. The fraction of sp³-hybridized carbons (Fsp3) is 0.364. The van der Waals surface area contributed by atoms with Crippen LogP contribution in [0.2, 0.25) is 5.02 Å². The molecule has 0 saturated carbocycles. The fourth-order valence-corrected chi connectivity index (χ4v) is 4.84. The lowest BCUT2D eigenvalue weighted by Gasteiger charge is -2.26. The standard InChI is InChI=1S/C22H27ClN2O5S/c1-15(2)25(17-9-7-6-8-10-17)20(26)14-30-21(27)16-11-12-18(23)19(13-16)31(28,29)24-22(3,4)5/h6-13,15,24H,14H2,1-5H3. The van der Waals surface area contributed by atoms with Crippen molar-refractivity contribution in [3.05, 3.63) is 59.1 Å². The first kappa shape index (κ1) is 24.8. The fourth-order valence-electron chi connectivity index (χ4n) is 2.89. The number of hydrogen-bond acceptors (Lipinski definition) is 5. The van der Waals surface area contributed by atoms with Crippen LogP contribution >= 0.6 is 11.6 Å². The highest BCUT2D eigenvalue weighted by atomic mass is 35.5. The van der Waals surface area contributed by atoms with Crippen LogP contribution in [0.5, 0.6) is 0 Å². The van der Waals surface area contributed by atoms with Gasteiger partial charge in [-0.25, -0.2) is 17.9 Å². The number of halogens is 1. The first-order chi connectivity index (χ1) is 14.3. The molecule has 0 spiro atoms. The Labute approximate surface area is 188 Å². The minimum atomic E-state index is -3.96. The molecule has 0 aliphatic carbocycles. The molecule has 0 fully saturated rings. The van der Waals surface area contributed by atoms with Gasteiger partial charge in [0.1, 0.15) is 4.90 Å². The predicted molar refractivity (Wildman–Crippen MR) is 121 cm³/mol. The number of sulfonamides is 1. The third kappa shape index (κ3) is 6.78. The van der Waals surface area contributed by atoms with Crippen molar-refractivity contribution < 1.29 is 22.7 Å². The summed E-state index contributed by atoms with van der Waals surface area (Å²) in [6, 6.07) is 12.7. The van der Waals surface area contributed by atoms with Crippen LogP contribution in [0.25, 0.3) is 0 Å². The lowest BCUT2D eigenvalue weighted by atomic mass is 10.1. The second-order valence-corrected chi connectivity index (χ2v) is 10.3. The first-order valence-corrected chi connectivity index (χ1v) is 11.6. The maximum Gasteiger partial charge on any atom is 0.338 e. The average molecular weight is 467 g/mol. The van der Waals surface area contributed by atoms with Gasteiger partial charge in [-0.2, -0.15) is 0 Å². The van der Waals surface area contributed by atoms with Gasteiger partial charge < -0.3 is 9.64 Å². The van der Waals surface area contributed by atoms with E-state index in [1.807, 2.05) is 32.0 Å². The van der Waals surface area contributed by atoms with Crippen molar-refractivity contribution in [2.24, 2.45) is 0 Å². The number of esters is 1. The Bertz CT molecular complexity index is 1050. The van der Waals surface area contributed by atoms with E-state index < -0.39 is 34.0 Å². The van der Waals surface area contributed by atoms with Gasteiger partial charge >= 0.3 is 5.97 Å². The molecule has 0 saturated heterocycles. The molecule has 0 unspecified atom stereocenters. The SMILES string of the molecule is CC(C)N(C(=O)COC(=O)c1ccc(Cl)c(S(=O)(=O)NC(C)(C)C)c1)c1ccccc1. The molecule has 2 aromatic carbocycles. The smallest absolute Gasteiger partial charge is 0.338 e. The highest BCUT2D eigenvalue weighted by Crippen LogP contribution is 2.24. The molecule has 7 nitrogen and oxygen atoms in total. The molecule has 0 heterocycles.